The van der Waals surface area contributed by atoms with Crippen LogP contribution in [0.2, 0.25) is 0 Å². The van der Waals surface area contributed by atoms with E-state index in [0.29, 0.717) is 6.54 Å². The third-order valence-corrected chi connectivity index (χ3v) is 7.39. The molecular weight excluding hydrogens is 458 g/mol. The van der Waals surface area contributed by atoms with Crippen LogP contribution in [0.25, 0.3) is 21.5 Å². The highest BCUT2D eigenvalue weighted by Gasteiger charge is 2.37. The molecule has 0 bridgehead atoms. The second-order valence-electron chi connectivity index (χ2n) is 8.76. The molecule has 2 unspecified atom stereocenters. The van der Waals surface area contributed by atoms with Crippen LogP contribution in [-0.2, 0) is 9.59 Å². The second kappa shape index (κ2) is 9.93. The van der Waals surface area contributed by atoms with Crippen LogP contribution >= 0.6 is 11.3 Å². The number of hydrogen-bond donors (Lipinski definition) is 2. The van der Waals surface area contributed by atoms with E-state index in [0.717, 1.165) is 44.9 Å². The maximum atomic E-state index is 13.8. The van der Waals surface area contributed by atoms with Gasteiger partial charge in [0.2, 0.25) is 11.8 Å². The number of likely N-dealkylation sites (tertiary alicyclic amines) is 1. The molecule has 7 nitrogen and oxygen atoms in total. The summed E-state index contributed by atoms with van der Waals surface area (Å²) < 4.78 is 1.04. The quantitative estimate of drug-likeness (QED) is 0.426. The van der Waals surface area contributed by atoms with E-state index < -0.39 is 12.1 Å². The first-order chi connectivity index (χ1) is 17.0. The Morgan fingerprint density at radius 1 is 1.09 bits per heavy atom. The average Bonchev–Trinajstić information content (AvgIpc) is 3.54. The average molecular weight is 486 g/mol. The van der Waals surface area contributed by atoms with Crippen molar-refractivity contribution in [3.8, 4) is 11.3 Å². The highest BCUT2D eigenvalue weighted by molar-refractivity contribution is 7.18. The van der Waals surface area contributed by atoms with E-state index in [-0.39, 0.29) is 17.9 Å². The van der Waals surface area contributed by atoms with Crippen molar-refractivity contribution in [2.24, 2.45) is 5.73 Å². The third-order valence-electron chi connectivity index (χ3n) is 6.27. The Labute approximate surface area is 208 Å². The fourth-order valence-corrected chi connectivity index (χ4v) is 5.59. The predicted molar refractivity (Wildman–Crippen MR) is 138 cm³/mol. The largest absolute Gasteiger partial charge is 0.339 e. The van der Waals surface area contributed by atoms with Gasteiger partial charge in [0.1, 0.15) is 16.6 Å². The summed E-state index contributed by atoms with van der Waals surface area (Å²) in [7, 11) is 0. The van der Waals surface area contributed by atoms with Crippen LogP contribution in [0.5, 0.6) is 0 Å². The Hall–Kier alpha value is -3.62. The fourth-order valence-electron chi connectivity index (χ4n) is 4.48. The molecule has 1 fully saturated rings. The summed E-state index contributed by atoms with van der Waals surface area (Å²) in [5.74, 6) is -0.505. The van der Waals surface area contributed by atoms with E-state index in [1.807, 2.05) is 71.6 Å². The minimum absolute atomic E-state index is 0.145. The van der Waals surface area contributed by atoms with Gasteiger partial charge in [-0.1, -0.05) is 60.7 Å². The van der Waals surface area contributed by atoms with Gasteiger partial charge in [0.05, 0.1) is 22.5 Å². The van der Waals surface area contributed by atoms with Gasteiger partial charge in [-0.25, -0.2) is 4.98 Å². The van der Waals surface area contributed by atoms with E-state index >= 15 is 0 Å². The minimum Gasteiger partial charge on any atom is -0.339 e. The van der Waals surface area contributed by atoms with Crippen LogP contribution in [0.1, 0.15) is 42.4 Å². The van der Waals surface area contributed by atoms with Crippen molar-refractivity contribution in [1.29, 1.82) is 0 Å². The van der Waals surface area contributed by atoms with E-state index in [1.165, 1.54) is 0 Å². The highest BCUT2D eigenvalue weighted by Crippen LogP contribution is 2.39. The molecule has 35 heavy (non-hydrogen) atoms. The molecule has 178 valence electrons. The van der Waals surface area contributed by atoms with Gasteiger partial charge in [0.25, 0.3) is 0 Å². The van der Waals surface area contributed by atoms with E-state index in [2.05, 4.69) is 10.3 Å². The number of nitrogens with zero attached hydrogens (tertiary/aromatic N) is 3. The lowest BCUT2D eigenvalue weighted by molar-refractivity contribution is -0.137. The molecule has 0 spiro atoms. The first-order valence-corrected chi connectivity index (χ1v) is 12.6. The van der Waals surface area contributed by atoms with Gasteiger partial charge >= 0.3 is 0 Å². The number of pyridine rings is 1. The molecule has 4 aromatic rings. The maximum absolute atomic E-state index is 13.8. The lowest BCUT2D eigenvalue weighted by Crippen LogP contribution is -2.47. The fraction of sp³-hybridized carbons (Fsp3) is 0.259. The van der Waals surface area contributed by atoms with Gasteiger partial charge < -0.3 is 16.0 Å². The summed E-state index contributed by atoms with van der Waals surface area (Å²) in [5, 5.41) is 3.75. The minimum atomic E-state index is -0.800. The Morgan fingerprint density at radius 3 is 2.51 bits per heavy atom. The van der Waals surface area contributed by atoms with Gasteiger partial charge in [-0.3, -0.25) is 14.6 Å². The summed E-state index contributed by atoms with van der Waals surface area (Å²) in [4.78, 5) is 37.7. The SMILES string of the molecule is C[C@H](N)C(=O)NC(C(=O)N1CCCC1c1nc2c(-c3ccccc3)nccc2s1)c1ccccc1. The number of fused-ring (bicyclic) bond motifs is 1. The molecule has 8 heteroatoms. The van der Waals surface area contributed by atoms with Crippen molar-refractivity contribution in [2.45, 2.75) is 37.9 Å². The molecule has 0 radical (unpaired) electrons. The molecule has 2 aromatic heterocycles. The van der Waals surface area contributed by atoms with Gasteiger partial charge in [-0.2, -0.15) is 0 Å². The van der Waals surface area contributed by atoms with Gasteiger partial charge in [-0.15, -0.1) is 11.3 Å². The number of carbonyl (C=O) groups excluding carboxylic acids is 2. The number of thiazole rings is 1. The first kappa shape index (κ1) is 23.1. The zero-order valence-electron chi connectivity index (χ0n) is 19.4. The number of hydrogen-bond acceptors (Lipinski definition) is 6. The molecule has 1 aliphatic rings. The van der Waals surface area contributed by atoms with Crippen LogP contribution in [0.15, 0.2) is 72.9 Å². The molecule has 2 amide bonds. The van der Waals surface area contributed by atoms with Gasteiger partial charge in [0, 0.05) is 18.3 Å². The number of aromatic nitrogens is 2. The van der Waals surface area contributed by atoms with Gasteiger partial charge in [0.15, 0.2) is 0 Å². The monoisotopic (exact) mass is 485 g/mol. The van der Waals surface area contributed by atoms with Crippen LogP contribution in [-0.4, -0.2) is 39.3 Å². The molecule has 0 aliphatic carbocycles. The Bertz CT molecular complexity index is 1340. The van der Waals surface area contributed by atoms with Gasteiger partial charge in [-0.05, 0) is 31.4 Å². The molecule has 0 saturated carbocycles. The first-order valence-electron chi connectivity index (χ1n) is 11.7. The van der Waals surface area contributed by atoms with Crippen LogP contribution < -0.4 is 11.1 Å². The number of amides is 2. The highest BCUT2D eigenvalue weighted by atomic mass is 32.1. The number of nitrogens with one attached hydrogen (secondary N) is 1. The van der Waals surface area contributed by atoms with Crippen LogP contribution in [0.3, 0.4) is 0 Å². The third kappa shape index (κ3) is 4.67. The number of benzene rings is 2. The second-order valence-corrected chi connectivity index (χ2v) is 9.82. The van der Waals surface area contributed by atoms with Crippen LogP contribution in [0.4, 0.5) is 0 Å². The molecule has 5 rings (SSSR count). The van der Waals surface area contributed by atoms with E-state index in [9.17, 15) is 9.59 Å². The predicted octanol–water partition coefficient (Wildman–Crippen LogP) is 4.23. The standard InChI is InChI=1S/C27H27N5O2S/c1-17(28)25(33)30-23(19-11-6-3-7-12-19)27(34)32-16-8-13-20(32)26-31-24-21(35-26)14-15-29-22(24)18-9-4-2-5-10-18/h2-7,9-12,14-15,17,20,23H,8,13,16,28H2,1H3,(H,30,33)/t17-,20?,23?/m0/s1. The Balaban J connectivity index is 1.48. The maximum Gasteiger partial charge on any atom is 0.250 e. The zero-order valence-corrected chi connectivity index (χ0v) is 20.2. The lowest BCUT2D eigenvalue weighted by atomic mass is 10.0. The molecule has 1 aliphatic heterocycles. The van der Waals surface area contributed by atoms with Crippen LogP contribution in [0, 0.1) is 0 Å². The normalized spacial score (nSPS) is 17.3. The topological polar surface area (TPSA) is 101 Å². The van der Waals surface area contributed by atoms with E-state index in [1.54, 1.807) is 24.5 Å². The Morgan fingerprint density at radius 2 is 1.80 bits per heavy atom. The van der Waals surface area contributed by atoms with Crippen molar-refractivity contribution in [3.05, 3.63) is 83.5 Å². The smallest absolute Gasteiger partial charge is 0.250 e. The summed E-state index contributed by atoms with van der Waals surface area (Å²) >= 11 is 1.60. The number of nitrogens with two attached hydrogens (primary N) is 1. The molecule has 2 aromatic carbocycles. The van der Waals surface area contributed by atoms with Crippen molar-refractivity contribution in [1.82, 2.24) is 20.2 Å². The molecule has 3 N–H and O–H groups in total. The molecular formula is C27H27N5O2S. The summed E-state index contributed by atoms with van der Waals surface area (Å²) in [5.41, 5.74) is 9.22. The Kier molecular flexibility index (Phi) is 6.57. The van der Waals surface area contributed by atoms with Crippen molar-refractivity contribution < 1.29 is 9.59 Å². The molecule has 3 heterocycles. The van der Waals surface area contributed by atoms with Crippen molar-refractivity contribution in [3.63, 3.8) is 0 Å². The lowest BCUT2D eigenvalue weighted by Gasteiger charge is -2.29. The number of carbonyl (C=O) groups is 2. The summed E-state index contributed by atoms with van der Waals surface area (Å²) in [6.45, 7) is 2.22. The summed E-state index contributed by atoms with van der Waals surface area (Å²) in [6.07, 6.45) is 3.50. The van der Waals surface area contributed by atoms with Crippen molar-refractivity contribution >= 4 is 33.4 Å². The summed E-state index contributed by atoms with van der Waals surface area (Å²) in [6, 6.07) is 19.6. The zero-order chi connectivity index (χ0) is 24.4. The molecule has 1 saturated heterocycles. The van der Waals surface area contributed by atoms with Crippen molar-refractivity contribution in [2.75, 3.05) is 6.54 Å². The van der Waals surface area contributed by atoms with E-state index in [4.69, 9.17) is 10.7 Å². The number of rotatable bonds is 6. The molecule has 3 atom stereocenters.